The second-order valence-corrected chi connectivity index (χ2v) is 6.82. The van der Waals surface area contributed by atoms with Gasteiger partial charge < -0.3 is 4.43 Å². The van der Waals surface area contributed by atoms with E-state index in [1.165, 1.54) is 6.42 Å². The predicted molar refractivity (Wildman–Crippen MR) is 52.0 cm³/mol. The average Bonchev–Trinajstić information content (AvgIpc) is 1.77. The summed E-state index contributed by atoms with van der Waals surface area (Å²) in [6, 6.07) is 0. The van der Waals surface area contributed by atoms with Crippen molar-refractivity contribution in [1.29, 1.82) is 0 Å². The van der Waals surface area contributed by atoms with Crippen LogP contribution in [0.15, 0.2) is 0 Å². The van der Waals surface area contributed by atoms with Crippen LogP contribution in [0.4, 0.5) is 0 Å². The summed E-state index contributed by atoms with van der Waals surface area (Å²) in [6.45, 7) is 4.30. The molecule has 0 unspecified atom stereocenters. The van der Waals surface area contributed by atoms with Crippen LogP contribution in [-0.2, 0) is 4.43 Å². The summed E-state index contributed by atoms with van der Waals surface area (Å²) in [4.78, 5) is -0.342. The van der Waals surface area contributed by atoms with Crippen LogP contribution in [0.2, 0.25) is 13.1 Å². The van der Waals surface area contributed by atoms with Crippen molar-refractivity contribution in [3.8, 4) is 0 Å². The van der Waals surface area contributed by atoms with Gasteiger partial charge >= 0.3 is 0 Å². The largest absolute Gasteiger partial charge is 0.412 e. The zero-order valence-corrected chi connectivity index (χ0v) is 9.61. The number of hydrogen-bond donors (Lipinski definition) is 0. The van der Waals surface area contributed by atoms with Gasteiger partial charge in [-0.25, -0.2) is 0 Å². The molecule has 0 saturated heterocycles. The average molecular weight is 213 g/mol. The monoisotopic (exact) mass is 212 g/mol. The molecule has 1 aliphatic carbocycles. The summed E-state index contributed by atoms with van der Waals surface area (Å²) < 4.78 is 5.81. The van der Waals surface area contributed by atoms with Gasteiger partial charge in [-0.05, 0) is 32.4 Å². The fourth-order valence-corrected chi connectivity index (χ4v) is 3.40. The highest BCUT2D eigenvalue weighted by Gasteiger charge is 2.44. The third kappa shape index (κ3) is 2.11. The molecule has 0 aromatic rings. The fraction of sp³-hybridized carbons (Fsp3) is 1.00. The molecular weight excluding hydrogens is 199 g/mol. The van der Waals surface area contributed by atoms with Crippen LogP contribution in [0.25, 0.3) is 0 Å². The predicted octanol–water partition coefficient (Wildman–Crippen LogP) is 2.71. The molecule has 4 heteroatoms. The van der Waals surface area contributed by atoms with E-state index in [-0.39, 0.29) is 10.4 Å². The first-order valence-electron chi connectivity index (χ1n) is 4.03. The van der Waals surface area contributed by atoms with E-state index in [1.807, 2.05) is 0 Å². The molecule has 0 aliphatic heterocycles. The molecule has 1 nitrogen and oxygen atoms in total. The molecule has 0 spiro atoms. The Morgan fingerprint density at radius 1 is 1.36 bits per heavy atom. The van der Waals surface area contributed by atoms with Crippen LogP contribution in [0.5, 0.6) is 0 Å². The summed E-state index contributed by atoms with van der Waals surface area (Å²) in [6.07, 6.45) is 3.28. The van der Waals surface area contributed by atoms with Crippen LogP contribution in [0, 0.1) is 0 Å². The van der Waals surface area contributed by atoms with Gasteiger partial charge in [0.05, 0.1) is 5.60 Å². The van der Waals surface area contributed by atoms with Gasteiger partial charge in [0.1, 0.15) is 4.84 Å². The van der Waals surface area contributed by atoms with Crippen molar-refractivity contribution in [1.82, 2.24) is 0 Å². The molecular formula is C7H14Cl2OSi. The summed E-state index contributed by atoms with van der Waals surface area (Å²) in [5, 5.41) is 0. The van der Waals surface area contributed by atoms with Crippen molar-refractivity contribution >= 4 is 32.2 Å². The Bertz CT molecular complexity index is 134. The summed E-state index contributed by atoms with van der Waals surface area (Å²) in [7, 11) is -0.987. The van der Waals surface area contributed by atoms with Crippen molar-refractivity contribution in [3.63, 3.8) is 0 Å². The van der Waals surface area contributed by atoms with Gasteiger partial charge in [0.15, 0.2) is 9.04 Å². The summed E-state index contributed by atoms with van der Waals surface area (Å²) in [5.74, 6) is 0. The van der Waals surface area contributed by atoms with E-state index in [1.54, 1.807) is 0 Å². The number of rotatable bonds is 3. The van der Waals surface area contributed by atoms with E-state index >= 15 is 0 Å². The van der Waals surface area contributed by atoms with E-state index in [9.17, 15) is 0 Å². The zero-order chi connectivity index (χ0) is 8.48. The summed E-state index contributed by atoms with van der Waals surface area (Å²) in [5.41, 5.74) is -0.163. The first-order valence-corrected chi connectivity index (χ1v) is 7.68. The molecule has 1 aliphatic rings. The molecule has 1 rings (SSSR count). The molecule has 0 aromatic heterocycles. The molecule has 0 N–H and O–H groups in total. The van der Waals surface area contributed by atoms with Gasteiger partial charge in [0, 0.05) is 0 Å². The van der Waals surface area contributed by atoms with Crippen LogP contribution in [-0.4, -0.2) is 19.5 Å². The first kappa shape index (κ1) is 9.84. The second-order valence-electron chi connectivity index (χ2n) is 3.39. The maximum absolute atomic E-state index is 5.84. The summed E-state index contributed by atoms with van der Waals surface area (Å²) >= 11 is 11.7. The van der Waals surface area contributed by atoms with Crippen molar-refractivity contribution in [2.75, 3.05) is 0 Å². The smallest absolute Gasteiger partial charge is 0.171 e. The minimum atomic E-state index is -0.987. The van der Waals surface area contributed by atoms with Crippen molar-refractivity contribution < 1.29 is 4.43 Å². The lowest BCUT2D eigenvalue weighted by molar-refractivity contribution is 0.00415. The normalized spacial score (nSPS) is 22.4. The lowest BCUT2D eigenvalue weighted by Gasteiger charge is -2.44. The highest BCUT2D eigenvalue weighted by atomic mass is 35.5. The van der Waals surface area contributed by atoms with Crippen LogP contribution in [0.1, 0.15) is 19.3 Å². The first-order chi connectivity index (χ1) is 5.07. The van der Waals surface area contributed by atoms with Crippen molar-refractivity contribution in [3.05, 3.63) is 0 Å². The lowest BCUT2D eigenvalue weighted by atomic mass is 9.82. The van der Waals surface area contributed by atoms with E-state index in [0.29, 0.717) is 0 Å². The third-order valence-electron chi connectivity index (χ3n) is 2.07. The zero-order valence-electron chi connectivity index (χ0n) is 6.94. The Morgan fingerprint density at radius 2 is 1.91 bits per heavy atom. The Morgan fingerprint density at radius 3 is 2.00 bits per heavy atom. The molecule has 1 fully saturated rings. The maximum atomic E-state index is 5.84. The van der Waals surface area contributed by atoms with E-state index < -0.39 is 9.04 Å². The number of alkyl halides is 2. The van der Waals surface area contributed by atoms with Gasteiger partial charge in [-0.15, -0.1) is 23.2 Å². The minimum absolute atomic E-state index is 0.163. The molecule has 0 atom stereocenters. The van der Waals surface area contributed by atoms with Gasteiger partial charge in [0.25, 0.3) is 0 Å². The van der Waals surface area contributed by atoms with E-state index in [0.717, 1.165) is 12.8 Å². The Balaban J connectivity index is 2.47. The van der Waals surface area contributed by atoms with Crippen molar-refractivity contribution in [2.24, 2.45) is 0 Å². The highest BCUT2D eigenvalue weighted by Crippen LogP contribution is 2.42. The Labute approximate surface area is 79.7 Å². The molecule has 0 heterocycles. The van der Waals surface area contributed by atoms with Crippen LogP contribution < -0.4 is 0 Å². The minimum Gasteiger partial charge on any atom is -0.412 e. The molecule has 1 saturated carbocycles. The Hall–Kier alpha value is 0.757. The van der Waals surface area contributed by atoms with Gasteiger partial charge in [-0.1, -0.05) is 0 Å². The highest BCUT2D eigenvalue weighted by molar-refractivity contribution is 6.49. The molecule has 0 radical (unpaired) electrons. The SMILES string of the molecule is C[SiH](C)OC1(C(Cl)Cl)CCC1. The fourth-order valence-electron chi connectivity index (χ4n) is 1.38. The van der Waals surface area contributed by atoms with E-state index in [4.69, 9.17) is 27.6 Å². The molecule has 0 aromatic carbocycles. The number of halogens is 2. The Kier molecular flexibility index (Phi) is 3.26. The second kappa shape index (κ2) is 3.65. The van der Waals surface area contributed by atoms with Gasteiger partial charge in [0.2, 0.25) is 0 Å². The standard InChI is InChI=1S/C7H14Cl2OSi/c1-11(2)10-7(6(8)9)4-3-5-7/h6,11H,3-5H2,1-2H3. The van der Waals surface area contributed by atoms with Gasteiger partial charge in [-0.3, -0.25) is 0 Å². The maximum Gasteiger partial charge on any atom is 0.171 e. The molecule has 0 bridgehead atoms. The van der Waals surface area contributed by atoms with Crippen LogP contribution >= 0.6 is 23.2 Å². The molecule has 66 valence electrons. The molecule has 11 heavy (non-hydrogen) atoms. The topological polar surface area (TPSA) is 9.23 Å². The van der Waals surface area contributed by atoms with Crippen molar-refractivity contribution in [2.45, 2.75) is 42.8 Å². The lowest BCUT2D eigenvalue weighted by Crippen LogP contribution is -2.48. The van der Waals surface area contributed by atoms with Crippen LogP contribution in [0.3, 0.4) is 0 Å². The number of hydrogen-bond acceptors (Lipinski definition) is 1. The van der Waals surface area contributed by atoms with E-state index in [2.05, 4.69) is 13.1 Å². The quantitative estimate of drug-likeness (QED) is 0.517. The third-order valence-corrected chi connectivity index (χ3v) is 3.80. The van der Waals surface area contributed by atoms with Gasteiger partial charge in [-0.2, -0.15) is 0 Å². The molecule has 0 amide bonds.